The van der Waals surface area contributed by atoms with Gasteiger partial charge in [0.05, 0.1) is 11.5 Å². The molecule has 1 atom stereocenters. The molecular formula is C8H12N2O4S. The summed E-state index contributed by atoms with van der Waals surface area (Å²) < 4.78 is 27.5. The molecule has 1 fully saturated rings. The Balaban J connectivity index is 2.04. The van der Waals surface area contributed by atoms with Gasteiger partial charge in [-0.1, -0.05) is 0 Å². The molecule has 1 aromatic rings. The van der Waals surface area contributed by atoms with Crippen molar-refractivity contribution >= 4 is 9.84 Å². The van der Waals surface area contributed by atoms with Crippen LogP contribution < -0.4 is 5.69 Å². The van der Waals surface area contributed by atoms with Gasteiger partial charge in [-0.05, 0) is 18.8 Å². The normalized spacial score (nSPS) is 25.2. The second-order valence-electron chi connectivity index (χ2n) is 3.84. The lowest BCUT2D eigenvalue weighted by molar-refractivity contribution is 0.347. The van der Waals surface area contributed by atoms with Crippen LogP contribution in [0.2, 0.25) is 0 Å². The quantitative estimate of drug-likeness (QED) is 0.757. The second-order valence-corrected chi connectivity index (χ2v) is 6.07. The molecule has 0 saturated carbocycles. The highest BCUT2D eigenvalue weighted by atomic mass is 32.2. The number of sulfone groups is 1. The maximum absolute atomic E-state index is 11.3. The van der Waals surface area contributed by atoms with E-state index >= 15 is 0 Å². The van der Waals surface area contributed by atoms with E-state index in [2.05, 4.69) is 10.1 Å². The number of hydrogen-bond donors (Lipinski definition) is 1. The van der Waals surface area contributed by atoms with Gasteiger partial charge in [0.2, 0.25) is 5.89 Å². The summed E-state index contributed by atoms with van der Waals surface area (Å²) in [4.78, 5) is 14.3. The van der Waals surface area contributed by atoms with E-state index in [1.165, 1.54) is 0 Å². The Morgan fingerprint density at radius 1 is 1.53 bits per heavy atom. The van der Waals surface area contributed by atoms with Crippen LogP contribution in [0.4, 0.5) is 0 Å². The van der Waals surface area contributed by atoms with Gasteiger partial charge in [-0.3, -0.25) is 0 Å². The zero-order valence-corrected chi connectivity index (χ0v) is 8.92. The average Bonchev–Trinajstić information content (AvgIpc) is 2.49. The minimum absolute atomic E-state index is 0.0233. The third-order valence-electron chi connectivity index (χ3n) is 2.50. The summed E-state index contributed by atoms with van der Waals surface area (Å²) in [5, 5.41) is 2.09. The predicted octanol–water partition coefficient (Wildman–Crippen LogP) is -0.270. The standard InChI is InChI=1S/C8H12N2O4S/c11-8-9-7(14-10-8)4-6-2-1-3-15(12,13)5-6/h6H,1-5H2,(H,10,11). The molecule has 0 bridgehead atoms. The number of H-pyrrole nitrogens is 1. The lowest BCUT2D eigenvalue weighted by Gasteiger charge is -2.19. The van der Waals surface area contributed by atoms with E-state index in [0.717, 1.165) is 6.42 Å². The molecule has 2 rings (SSSR count). The van der Waals surface area contributed by atoms with Gasteiger partial charge in [0.1, 0.15) is 0 Å². The fraction of sp³-hybridized carbons (Fsp3) is 0.750. The molecule has 1 saturated heterocycles. The molecule has 1 unspecified atom stereocenters. The molecule has 0 aliphatic carbocycles. The lowest BCUT2D eigenvalue weighted by Crippen LogP contribution is -2.26. The van der Waals surface area contributed by atoms with Crippen molar-refractivity contribution in [3.8, 4) is 0 Å². The molecule has 0 aromatic carbocycles. The Kier molecular flexibility index (Phi) is 2.64. The minimum atomic E-state index is -2.90. The molecule has 0 amide bonds. The molecule has 1 N–H and O–H groups in total. The van der Waals surface area contributed by atoms with Crippen molar-refractivity contribution in [1.82, 2.24) is 10.1 Å². The fourth-order valence-electron chi connectivity index (χ4n) is 1.87. The molecular weight excluding hydrogens is 220 g/mol. The van der Waals surface area contributed by atoms with E-state index in [9.17, 15) is 13.2 Å². The van der Waals surface area contributed by atoms with Crippen LogP contribution in [0.1, 0.15) is 18.7 Å². The number of rotatable bonds is 2. The van der Waals surface area contributed by atoms with Crippen LogP contribution in [0.15, 0.2) is 9.32 Å². The summed E-state index contributed by atoms with van der Waals surface area (Å²) in [5.41, 5.74) is -0.524. The number of nitrogens with zero attached hydrogens (tertiary/aromatic N) is 1. The van der Waals surface area contributed by atoms with E-state index in [1.54, 1.807) is 0 Å². The van der Waals surface area contributed by atoms with Crippen LogP contribution >= 0.6 is 0 Å². The first-order chi connectivity index (χ1) is 7.05. The summed E-state index contributed by atoms with van der Waals surface area (Å²) in [7, 11) is -2.90. The van der Waals surface area contributed by atoms with Gasteiger partial charge in [0.25, 0.3) is 0 Å². The first-order valence-corrected chi connectivity index (χ1v) is 6.62. The number of hydrogen-bond acceptors (Lipinski definition) is 5. The number of nitrogens with one attached hydrogen (secondary N) is 1. The molecule has 1 aromatic heterocycles. The minimum Gasteiger partial charge on any atom is -0.362 e. The monoisotopic (exact) mass is 232 g/mol. The molecule has 1 aliphatic rings. The molecule has 15 heavy (non-hydrogen) atoms. The topological polar surface area (TPSA) is 93.0 Å². The average molecular weight is 232 g/mol. The van der Waals surface area contributed by atoms with Crippen LogP contribution in [0.25, 0.3) is 0 Å². The van der Waals surface area contributed by atoms with Gasteiger partial charge in [-0.2, -0.15) is 10.1 Å². The Labute approximate surface area is 86.6 Å². The van der Waals surface area contributed by atoms with Crippen molar-refractivity contribution < 1.29 is 12.9 Å². The molecule has 2 heterocycles. The van der Waals surface area contributed by atoms with Gasteiger partial charge in [-0.25, -0.2) is 13.2 Å². The van der Waals surface area contributed by atoms with Crippen molar-refractivity contribution in [2.24, 2.45) is 5.92 Å². The van der Waals surface area contributed by atoms with E-state index in [1.807, 2.05) is 0 Å². The predicted molar refractivity (Wildman–Crippen MR) is 52.2 cm³/mol. The lowest BCUT2D eigenvalue weighted by atomic mass is 10.0. The second kappa shape index (κ2) is 3.80. The maximum Gasteiger partial charge on any atom is 0.377 e. The summed E-state index contributed by atoms with van der Waals surface area (Å²) in [6, 6.07) is 0. The molecule has 6 nitrogen and oxygen atoms in total. The Morgan fingerprint density at radius 2 is 2.33 bits per heavy atom. The van der Waals surface area contributed by atoms with E-state index < -0.39 is 15.5 Å². The highest BCUT2D eigenvalue weighted by Gasteiger charge is 2.26. The summed E-state index contributed by atoms with van der Waals surface area (Å²) in [6.07, 6.45) is 1.94. The highest BCUT2D eigenvalue weighted by Crippen LogP contribution is 2.21. The van der Waals surface area contributed by atoms with Crippen molar-refractivity contribution in [3.05, 3.63) is 16.4 Å². The van der Waals surface area contributed by atoms with Crippen LogP contribution in [-0.4, -0.2) is 30.1 Å². The van der Waals surface area contributed by atoms with Gasteiger partial charge in [0.15, 0.2) is 9.84 Å². The number of aromatic nitrogens is 2. The largest absolute Gasteiger partial charge is 0.377 e. The first-order valence-electron chi connectivity index (χ1n) is 4.80. The van der Waals surface area contributed by atoms with Crippen LogP contribution in [-0.2, 0) is 16.3 Å². The van der Waals surface area contributed by atoms with Crippen molar-refractivity contribution in [3.63, 3.8) is 0 Å². The molecule has 84 valence electrons. The van der Waals surface area contributed by atoms with Gasteiger partial charge in [-0.15, -0.1) is 0 Å². The third kappa shape index (κ3) is 2.68. The van der Waals surface area contributed by atoms with Crippen molar-refractivity contribution in [1.29, 1.82) is 0 Å². The van der Waals surface area contributed by atoms with Crippen molar-refractivity contribution in [2.75, 3.05) is 11.5 Å². The van der Waals surface area contributed by atoms with Crippen LogP contribution in [0.5, 0.6) is 0 Å². The molecule has 0 radical (unpaired) electrons. The zero-order chi connectivity index (χ0) is 10.9. The van der Waals surface area contributed by atoms with Crippen molar-refractivity contribution in [2.45, 2.75) is 19.3 Å². The Hall–Kier alpha value is -1.11. The molecule has 1 aliphatic heterocycles. The molecule has 0 spiro atoms. The highest BCUT2D eigenvalue weighted by molar-refractivity contribution is 7.91. The molecule has 7 heteroatoms. The zero-order valence-electron chi connectivity index (χ0n) is 8.10. The summed E-state index contributed by atoms with van der Waals surface area (Å²) in [6.45, 7) is 0. The van der Waals surface area contributed by atoms with E-state index in [0.29, 0.717) is 18.7 Å². The van der Waals surface area contributed by atoms with Crippen LogP contribution in [0, 0.1) is 5.92 Å². The first kappa shape index (κ1) is 10.4. The summed E-state index contributed by atoms with van der Waals surface area (Å²) >= 11 is 0. The summed E-state index contributed by atoms with van der Waals surface area (Å²) in [5.74, 6) is 0.759. The fourth-order valence-corrected chi connectivity index (χ4v) is 3.65. The maximum atomic E-state index is 11.3. The smallest absolute Gasteiger partial charge is 0.362 e. The van der Waals surface area contributed by atoms with Crippen LogP contribution in [0.3, 0.4) is 0 Å². The van der Waals surface area contributed by atoms with Gasteiger partial charge in [0, 0.05) is 6.42 Å². The SMILES string of the molecule is O=c1nc(CC2CCCS(=O)(=O)C2)o[nH]1. The van der Waals surface area contributed by atoms with E-state index in [-0.39, 0.29) is 17.4 Å². The third-order valence-corrected chi connectivity index (χ3v) is 4.39. The Bertz CT molecular complexity index is 487. The van der Waals surface area contributed by atoms with Gasteiger partial charge < -0.3 is 4.52 Å². The Morgan fingerprint density at radius 3 is 2.93 bits per heavy atom. The van der Waals surface area contributed by atoms with E-state index in [4.69, 9.17) is 4.52 Å². The number of aromatic amines is 1. The van der Waals surface area contributed by atoms with Gasteiger partial charge >= 0.3 is 5.69 Å².